The molecule has 0 aromatic carbocycles. The third-order valence-electron chi connectivity index (χ3n) is 4.47. The van der Waals surface area contributed by atoms with Crippen LogP contribution in [-0.4, -0.2) is 30.8 Å². The first-order valence-electron chi connectivity index (χ1n) is 7.34. The first-order valence-corrected chi connectivity index (χ1v) is 7.34. The Morgan fingerprint density at radius 1 is 1.37 bits per heavy atom. The van der Waals surface area contributed by atoms with Crippen LogP contribution < -0.4 is 5.73 Å². The summed E-state index contributed by atoms with van der Waals surface area (Å²) < 4.78 is 10.6. The summed E-state index contributed by atoms with van der Waals surface area (Å²) in [5, 5.41) is 0. The van der Waals surface area contributed by atoms with E-state index in [1.54, 1.807) is 7.11 Å². The van der Waals surface area contributed by atoms with E-state index >= 15 is 0 Å². The number of hydrogen-bond donors (Lipinski definition) is 1. The lowest BCUT2D eigenvalue weighted by atomic mass is 9.76. The van der Waals surface area contributed by atoms with Crippen molar-refractivity contribution in [3.05, 3.63) is 0 Å². The van der Waals surface area contributed by atoms with E-state index in [0.29, 0.717) is 13.0 Å². The van der Waals surface area contributed by atoms with Gasteiger partial charge in [-0.25, -0.2) is 0 Å². The lowest BCUT2D eigenvalue weighted by molar-refractivity contribution is -0.153. The maximum absolute atomic E-state index is 12.1. The number of rotatable bonds is 6. The molecule has 1 aliphatic rings. The highest BCUT2D eigenvalue weighted by atomic mass is 16.5. The molecule has 0 bridgehead atoms. The quantitative estimate of drug-likeness (QED) is 0.754. The van der Waals surface area contributed by atoms with Crippen molar-refractivity contribution < 1.29 is 14.3 Å². The van der Waals surface area contributed by atoms with Crippen molar-refractivity contribution in [3.63, 3.8) is 0 Å². The van der Waals surface area contributed by atoms with E-state index in [2.05, 4.69) is 6.92 Å². The largest absolute Gasteiger partial charge is 0.464 e. The van der Waals surface area contributed by atoms with Crippen molar-refractivity contribution in [3.8, 4) is 0 Å². The lowest BCUT2D eigenvalue weighted by Gasteiger charge is -2.35. The molecular formula is C15H29NO3. The molecule has 1 fully saturated rings. The van der Waals surface area contributed by atoms with Crippen molar-refractivity contribution in [2.24, 2.45) is 11.7 Å². The Labute approximate surface area is 117 Å². The lowest BCUT2D eigenvalue weighted by Crippen LogP contribution is -2.51. The Bertz CT molecular complexity index is 294. The molecule has 2 N–H and O–H groups in total. The Hall–Kier alpha value is -0.610. The van der Waals surface area contributed by atoms with Crippen molar-refractivity contribution >= 4 is 5.97 Å². The fourth-order valence-electron chi connectivity index (χ4n) is 2.44. The molecule has 19 heavy (non-hydrogen) atoms. The van der Waals surface area contributed by atoms with Gasteiger partial charge in [-0.15, -0.1) is 0 Å². The second-order valence-corrected chi connectivity index (χ2v) is 6.36. The summed E-state index contributed by atoms with van der Waals surface area (Å²) in [5.41, 5.74) is 5.17. The van der Waals surface area contributed by atoms with Crippen LogP contribution in [0.25, 0.3) is 0 Å². The minimum absolute atomic E-state index is 0.242. The monoisotopic (exact) mass is 271 g/mol. The first-order chi connectivity index (χ1) is 8.83. The molecule has 0 aliphatic heterocycles. The predicted octanol–water partition coefficient (Wildman–Crippen LogP) is 2.64. The van der Waals surface area contributed by atoms with Gasteiger partial charge in [-0.1, -0.05) is 13.3 Å². The van der Waals surface area contributed by atoms with Gasteiger partial charge < -0.3 is 15.2 Å². The molecule has 0 aromatic heterocycles. The van der Waals surface area contributed by atoms with Gasteiger partial charge in [0.15, 0.2) is 0 Å². The number of carbonyl (C=O) groups is 1. The molecule has 0 saturated heterocycles. The fourth-order valence-corrected chi connectivity index (χ4v) is 2.44. The minimum atomic E-state index is -0.761. The average Bonchev–Trinajstić information content (AvgIpc) is 2.39. The summed E-state index contributed by atoms with van der Waals surface area (Å²) in [7, 11) is 1.66. The highest BCUT2D eigenvalue weighted by Gasteiger charge is 2.39. The van der Waals surface area contributed by atoms with Gasteiger partial charge in [-0.2, -0.15) is 0 Å². The van der Waals surface area contributed by atoms with Gasteiger partial charge in [0.2, 0.25) is 0 Å². The molecule has 1 rings (SSSR count). The number of nitrogens with two attached hydrogens (primary N) is 1. The molecule has 4 heteroatoms. The van der Waals surface area contributed by atoms with Crippen LogP contribution in [0.5, 0.6) is 0 Å². The summed E-state index contributed by atoms with van der Waals surface area (Å²) in [4.78, 5) is 12.1. The smallest absolute Gasteiger partial charge is 0.326 e. The van der Waals surface area contributed by atoms with Gasteiger partial charge in [0.05, 0.1) is 12.2 Å². The predicted molar refractivity (Wildman–Crippen MR) is 75.8 cm³/mol. The molecule has 0 spiro atoms. The summed E-state index contributed by atoms with van der Waals surface area (Å²) >= 11 is 0. The Kier molecular flexibility index (Phi) is 5.81. The number of esters is 1. The first kappa shape index (κ1) is 16.4. The summed E-state index contributed by atoms with van der Waals surface area (Å²) in [6, 6.07) is 0. The standard InChI is InChI=1S/C15H29NO3/c1-5-12-6-8-15(16,9-7-12)13(17)19-11-10-14(2,3)18-4/h12H,5-11,16H2,1-4H3. The topological polar surface area (TPSA) is 61.6 Å². The van der Waals surface area contributed by atoms with Crippen LogP contribution in [0.1, 0.15) is 59.3 Å². The van der Waals surface area contributed by atoms with Crippen LogP contribution in [0.3, 0.4) is 0 Å². The van der Waals surface area contributed by atoms with E-state index in [9.17, 15) is 4.79 Å². The van der Waals surface area contributed by atoms with Crippen LogP contribution in [0, 0.1) is 5.92 Å². The molecule has 0 aromatic rings. The summed E-state index contributed by atoms with van der Waals surface area (Å²) in [6.45, 7) is 6.52. The summed E-state index contributed by atoms with van der Waals surface area (Å²) in [5.74, 6) is 0.478. The van der Waals surface area contributed by atoms with Crippen LogP contribution in [0.4, 0.5) is 0 Å². The zero-order valence-electron chi connectivity index (χ0n) is 12.8. The number of ether oxygens (including phenoxy) is 2. The molecule has 0 heterocycles. The van der Waals surface area contributed by atoms with Crippen LogP contribution in [0.2, 0.25) is 0 Å². The normalized spacial score (nSPS) is 28.2. The van der Waals surface area contributed by atoms with Crippen LogP contribution in [-0.2, 0) is 14.3 Å². The molecule has 4 nitrogen and oxygen atoms in total. The highest BCUT2D eigenvalue weighted by Crippen LogP contribution is 2.33. The van der Waals surface area contributed by atoms with Gasteiger partial charge in [-0.05, 0) is 45.4 Å². The van der Waals surface area contributed by atoms with Gasteiger partial charge in [0.25, 0.3) is 0 Å². The van der Waals surface area contributed by atoms with Crippen LogP contribution >= 0.6 is 0 Å². The SMILES string of the molecule is CCC1CCC(N)(C(=O)OCCC(C)(C)OC)CC1. The molecule has 112 valence electrons. The molecule has 0 atom stereocenters. The van der Waals surface area contributed by atoms with E-state index in [0.717, 1.165) is 31.6 Å². The third kappa shape index (κ3) is 4.77. The molecule has 0 amide bonds. The second kappa shape index (κ2) is 6.71. The van der Waals surface area contributed by atoms with E-state index in [1.807, 2.05) is 13.8 Å². The maximum Gasteiger partial charge on any atom is 0.326 e. The number of methoxy groups -OCH3 is 1. The molecule has 0 unspecified atom stereocenters. The highest BCUT2D eigenvalue weighted by molar-refractivity contribution is 5.80. The fraction of sp³-hybridized carbons (Fsp3) is 0.933. The van der Waals surface area contributed by atoms with Gasteiger partial charge in [0.1, 0.15) is 5.54 Å². The minimum Gasteiger partial charge on any atom is -0.464 e. The second-order valence-electron chi connectivity index (χ2n) is 6.36. The maximum atomic E-state index is 12.1. The summed E-state index contributed by atoms with van der Waals surface area (Å²) in [6.07, 6.45) is 5.42. The molecular weight excluding hydrogens is 242 g/mol. The van der Waals surface area contributed by atoms with Crippen LogP contribution in [0.15, 0.2) is 0 Å². The number of carbonyl (C=O) groups excluding carboxylic acids is 1. The Morgan fingerprint density at radius 2 is 1.95 bits per heavy atom. The molecule has 1 aliphatic carbocycles. The Balaban J connectivity index is 2.37. The van der Waals surface area contributed by atoms with E-state index < -0.39 is 5.54 Å². The van der Waals surface area contributed by atoms with Crippen molar-refractivity contribution in [1.82, 2.24) is 0 Å². The van der Waals surface area contributed by atoms with Crippen molar-refractivity contribution in [2.45, 2.75) is 70.4 Å². The zero-order chi connectivity index (χ0) is 14.5. The average molecular weight is 271 g/mol. The third-order valence-corrected chi connectivity index (χ3v) is 4.47. The van der Waals surface area contributed by atoms with Gasteiger partial charge in [0, 0.05) is 13.5 Å². The Morgan fingerprint density at radius 3 is 2.42 bits per heavy atom. The molecule has 1 saturated carbocycles. The van der Waals surface area contributed by atoms with E-state index in [1.165, 1.54) is 6.42 Å². The zero-order valence-corrected chi connectivity index (χ0v) is 12.8. The van der Waals surface area contributed by atoms with E-state index in [4.69, 9.17) is 15.2 Å². The van der Waals surface area contributed by atoms with Crippen molar-refractivity contribution in [1.29, 1.82) is 0 Å². The van der Waals surface area contributed by atoms with Gasteiger partial charge >= 0.3 is 5.97 Å². The van der Waals surface area contributed by atoms with Gasteiger partial charge in [-0.3, -0.25) is 4.79 Å². The van der Waals surface area contributed by atoms with E-state index in [-0.39, 0.29) is 11.6 Å². The van der Waals surface area contributed by atoms with Crippen molar-refractivity contribution in [2.75, 3.05) is 13.7 Å². The number of hydrogen-bond acceptors (Lipinski definition) is 4. The molecule has 0 radical (unpaired) electrons.